The maximum absolute atomic E-state index is 6.15. The van der Waals surface area contributed by atoms with E-state index in [0.717, 1.165) is 25.0 Å². The average Bonchev–Trinajstić information content (AvgIpc) is 2.78. The molecule has 1 saturated carbocycles. The Morgan fingerprint density at radius 1 is 0.897 bits per heavy atom. The van der Waals surface area contributed by atoms with Crippen molar-refractivity contribution in [2.75, 3.05) is 14.2 Å². The van der Waals surface area contributed by atoms with Crippen LogP contribution in [-0.4, -0.2) is 20.0 Å². The molecule has 0 saturated heterocycles. The predicted molar refractivity (Wildman–Crippen MR) is 117 cm³/mol. The van der Waals surface area contributed by atoms with Crippen LogP contribution in [0.1, 0.15) is 43.2 Å². The van der Waals surface area contributed by atoms with Crippen molar-refractivity contribution in [3.05, 3.63) is 77.9 Å². The summed E-state index contributed by atoms with van der Waals surface area (Å²) in [5.74, 6) is 1.42. The average molecular weight is 391 g/mol. The molecule has 0 N–H and O–H groups in total. The van der Waals surface area contributed by atoms with E-state index in [0.29, 0.717) is 18.4 Å². The van der Waals surface area contributed by atoms with Crippen LogP contribution in [0.5, 0.6) is 5.75 Å². The van der Waals surface area contributed by atoms with E-state index < -0.39 is 5.79 Å². The topological polar surface area (TPSA) is 27.7 Å². The number of hydrogen-bond acceptors (Lipinski definition) is 3. The van der Waals surface area contributed by atoms with Gasteiger partial charge in [-0.25, -0.2) is 0 Å². The monoisotopic (exact) mass is 390 g/mol. The van der Waals surface area contributed by atoms with E-state index in [1.54, 1.807) is 14.2 Å². The van der Waals surface area contributed by atoms with Crippen LogP contribution in [0.3, 0.4) is 0 Å². The zero-order valence-corrected chi connectivity index (χ0v) is 17.6. The molecule has 152 valence electrons. The zero-order valence-electron chi connectivity index (χ0n) is 17.6. The summed E-state index contributed by atoms with van der Waals surface area (Å²) >= 11 is 0. The van der Waals surface area contributed by atoms with Crippen LogP contribution in [0.25, 0.3) is 10.8 Å². The Labute approximate surface area is 173 Å². The van der Waals surface area contributed by atoms with Gasteiger partial charge in [0.15, 0.2) is 5.79 Å². The minimum absolute atomic E-state index is 0.396. The highest BCUT2D eigenvalue weighted by Crippen LogP contribution is 2.44. The first-order chi connectivity index (χ1) is 14.1. The Morgan fingerprint density at radius 3 is 2.48 bits per heavy atom. The van der Waals surface area contributed by atoms with Gasteiger partial charge in [0.25, 0.3) is 0 Å². The molecule has 0 radical (unpaired) electrons. The van der Waals surface area contributed by atoms with Gasteiger partial charge in [-0.2, -0.15) is 0 Å². The number of fused-ring (bicyclic) bond motifs is 1. The molecule has 1 aliphatic carbocycles. The van der Waals surface area contributed by atoms with Crippen molar-refractivity contribution >= 4 is 10.8 Å². The summed E-state index contributed by atoms with van der Waals surface area (Å²) < 4.78 is 17.6. The first kappa shape index (κ1) is 19.9. The third-order valence-corrected chi connectivity index (χ3v) is 6.45. The molecule has 2 unspecified atom stereocenters. The van der Waals surface area contributed by atoms with Gasteiger partial charge in [-0.3, -0.25) is 0 Å². The number of methoxy groups -OCH3 is 2. The molecule has 1 fully saturated rings. The fraction of sp³-hybridized carbons (Fsp3) is 0.385. The lowest BCUT2D eigenvalue weighted by Gasteiger charge is -2.42. The van der Waals surface area contributed by atoms with Crippen molar-refractivity contribution in [3.8, 4) is 5.75 Å². The highest BCUT2D eigenvalue weighted by atomic mass is 16.7. The van der Waals surface area contributed by atoms with Crippen molar-refractivity contribution in [1.82, 2.24) is 0 Å². The van der Waals surface area contributed by atoms with E-state index in [1.165, 1.54) is 21.9 Å². The first-order valence-corrected chi connectivity index (χ1v) is 10.4. The first-order valence-electron chi connectivity index (χ1n) is 10.4. The summed E-state index contributed by atoms with van der Waals surface area (Å²) in [4.78, 5) is 0. The third-order valence-electron chi connectivity index (χ3n) is 6.45. The van der Waals surface area contributed by atoms with E-state index >= 15 is 0 Å². The molecule has 29 heavy (non-hydrogen) atoms. The molecular formula is C26H30O3. The Bertz CT molecular complexity index is 961. The van der Waals surface area contributed by atoms with Crippen LogP contribution in [0, 0.1) is 5.92 Å². The molecule has 0 bridgehead atoms. The number of rotatable bonds is 6. The molecule has 0 spiro atoms. The highest BCUT2D eigenvalue weighted by Gasteiger charge is 2.40. The van der Waals surface area contributed by atoms with Crippen LogP contribution in [0.15, 0.2) is 66.7 Å². The number of benzene rings is 3. The van der Waals surface area contributed by atoms with Gasteiger partial charge in [-0.1, -0.05) is 55.5 Å². The lowest BCUT2D eigenvalue weighted by molar-refractivity contribution is -0.230. The van der Waals surface area contributed by atoms with Gasteiger partial charge in [0.2, 0.25) is 0 Å². The standard InChI is InChI=1S/C26H30O3/c1-19-13-14-26(27-2,28-3)17-25(19)23-9-6-10-24(16-23)29-18-20-11-12-21-7-4-5-8-22(21)15-20/h4-12,15-16,19,25H,13-14,17-18H2,1-3H3. The molecule has 0 amide bonds. The molecule has 0 heterocycles. The quantitative estimate of drug-likeness (QED) is 0.462. The Balaban J connectivity index is 1.49. The van der Waals surface area contributed by atoms with Gasteiger partial charge in [-0.15, -0.1) is 0 Å². The van der Waals surface area contributed by atoms with Crippen molar-refractivity contribution in [2.24, 2.45) is 5.92 Å². The summed E-state index contributed by atoms with van der Waals surface area (Å²) in [6, 6.07) is 23.4. The maximum Gasteiger partial charge on any atom is 0.168 e. The van der Waals surface area contributed by atoms with Gasteiger partial charge in [0, 0.05) is 27.1 Å². The zero-order chi connectivity index (χ0) is 20.3. The maximum atomic E-state index is 6.15. The second-order valence-corrected chi connectivity index (χ2v) is 8.19. The fourth-order valence-corrected chi connectivity index (χ4v) is 4.52. The molecule has 0 aliphatic heterocycles. The van der Waals surface area contributed by atoms with E-state index in [-0.39, 0.29) is 0 Å². The molecule has 4 rings (SSSR count). The Hall–Kier alpha value is -2.36. The van der Waals surface area contributed by atoms with Gasteiger partial charge in [0.1, 0.15) is 12.4 Å². The summed E-state index contributed by atoms with van der Waals surface area (Å²) in [5.41, 5.74) is 2.48. The number of ether oxygens (including phenoxy) is 3. The summed E-state index contributed by atoms with van der Waals surface area (Å²) in [6.45, 7) is 2.89. The Morgan fingerprint density at radius 2 is 1.69 bits per heavy atom. The normalized spacial score (nSPS) is 21.2. The minimum atomic E-state index is -0.473. The van der Waals surface area contributed by atoms with Crippen LogP contribution in [0.2, 0.25) is 0 Å². The third kappa shape index (κ3) is 4.31. The van der Waals surface area contributed by atoms with Gasteiger partial charge in [0.05, 0.1) is 0 Å². The molecular weight excluding hydrogens is 360 g/mol. The van der Waals surface area contributed by atoms with Crippen molar-refractivity contribution in [1.29, 1.82) is 0 Å². The second kappa shape index (κ2) is 8.56. The van der Waals surface area contributed by atoms with Crippen LogP contribution >= 0.6 is 0 Å². The SMILES string of the molecule is COC1(OC)CCC(C)C(c2cccc(OCc3ccc4ccccc4c3)c2)C1. The second-order valence-electron chi connectivity index (χ2n) is 8.19. The van der Waals surface area contributed by atoms with Gasteiger partial charge >= 0.3 is 0 Å². The molecule has 0 aromatic heterocycles. The molecule has 3 nitrogen and oxygen atoms in total. The highest BCUT2D eigenvalue weighted by molar-refractivity contribution is 5.82. The van der Waals surface area contributed by atoms with Crippen molar-refractivity contribution < 1.29 is 14.2 Å². The lowest BCUT2D eigenvalue weighted by atomic mass is 9.73. The molecule has 1 aliphatic rings. The predicted octanol–water partition coefficient (Wildman–Crippen LogP) is 6.31. The fourth-order valence-electron chi connectivity index (χ4n) is 4.52. The van der Waals surface area contributed by atoms with E-state index in [9.17, 15) is 0 Å². The van der Waals surface area contributed by atoms with Crippen molar-refractivity contribution in [3.63, 3.8) is 0 Å². The molecule has 3 aromatic rings. The summed E-state index contributed by atoms with van der Waals surface area (Å²) in [7, 11) is 3.50. The largest absolute Gasteiger partial charge is 0.489 e. The smallest absolute Gasteiger partial charge is 0.168 e. The lowest BCUT2D eigenvalue weighted by Crippen LogP contribution is -2.41. The van der Waals surface area contributed by atoms with Crippen LogP contribution < -0.4 is 4.74 Å². The van der Waals surface area contributed by atoms with Crippen molar-refractivity contribution in [2.45, 2.75) is 44.5 Å². The Kier molecular flexibility index (Phi) is 5.89. The molecule has 2 atom stereocenters. The number of hydrogen-bond donors (Lipinski definition) is 0. The minimum Gasteiger partial charge on any atom is -0.489 e. The summed E-state index contributed by atoms with van der Waals surface area (Å²) in [5, 5.41) is 2.50. The van der Waals surface area contributed by atoms with Crippen LogP contribution in [-0.2, 0) is 16.1 Å². The van der Waals surface area contributed by atoms with E-state index in [1.807, 2.05) is 6.07 Å². The van der Waals surface area contributed by atoms with Gasteiger partial charge in [-0.05, 0) is 58.4 Å². The molecule has 3 heteroatoms. The molecule has 3 aromatic carbocycles. The summed E-state index contributed by atoms with van der Waals surface area (Å²) in [6.07, 6.45) is 2.90. The van der Waals surface area contributed by atoms with E-state index in [2.05, 4.69) is 67.6 Å². The van der Waals surface area contributed by atoms with Gasteiger partial charge < -0.3 is 14.2 Å². The van der Waals surface area contributed by atoms with E-state index in [4.69, 9.17) is 14.2 Å². The van der Waals surface area contributed by atoms with Crippen LogP contribution in [0.4, 0.5) is 0 Å².